The molecule has 0 saturated heterocycles. The normalized spacial score (nSPS) is 19.6. The predicted molar refractivity (Wildman–Crippen MR) is 49.4 cm³/mol. The zero-order valence-corrected chi connectivity index (χ0v) is 8.17. The van der Waals surface area contributed by atoms with Crippen LogP contribution in [0.1, 0.15) is 39.5 Å². The molecule has 74 valence electrons. The minimum absolute atomic E-state index is 0.0940. The predicted octanol–water partition coefficient (Wildman–Crippen LogP) is 2.32. The molecule has 1 aliphatic carbocycles. The maximum atomic E-state index is 11.6. The number of allylic oxidation sites excluding steroid dienone is 1. The molecule has 13 heavy (non-hydrogen) atoms. The molecular formula is C10H16O3. The minimum atomic E-state index is -0.860. The lowest BCUT2D eigenvalue weighted by Gasteiger charge is -2.22. The summed E-state index contributed by atoms with van der Waals surface area (Å²) in [5, 5.41) is 8.66. The van der Waals surface area contributed by atoms with E-state index in [1.165, 1.54) is 0 Å². The fourth-order valence-corrected chi connectivity index (χ4v) is 1.56. The monoisotopic (exact) mass is 184 g/mol. The summed E-state index contributed by atoms with van der Waals surface area (Å²) >= 11 is 0. The first kappa shape index (κ1) is 10.4. The van der Waals surface area contributed by atoms with E-state index in [1.54, 1.807) is 13.8 Å². The van der Waals surface area contributed by atoms with E-state index in [9.17, 15) is 4.79 Å². The van der Waals surface area contributed by atoms with Crippen molar-refractivity contribution in [3.8, 4) is 0 Å². The smallest absolute Gasteiger partial charge is 0.161 e. The van der Waals surface area contributed by atoms with E-state index in [-0.39, 0.29) is 5.78 Å². The summed E-state index contributed by atoms with van der Waals surface area (Å²) in [5.74, 6) is 0.0940. The minimum Gasteiger partial charge on any atom is -0.294 e. The summed E-state index contributed by atoms with van der Waals surface area (Å²) in [6.07, 6.45) is 5.31. The van der Waals surface area contributed by atoms with Crippen molar-refractivity contribution in [1.29, 1.82) is 0 Å². The van der Waals surface area contributed by atoms with Gasteiger partial charge < -0.3 is 0 Å². The Morgan fingerprint density at radius 1 is 1.46 bits per heavy atom. The molecule has 0 unspecified atom stereocenters. The average Bonchev–Trinajstić information content (AvgIpc) is 2.30. The molecule has 0 spiro atoms. The molecule has 0 heterocycles. The van der Waals surface area contributed by atoms with Crippen molar-refractivity contribution < 1.29 is 14.9 Å². The maximum absolute atomic E-state index is 11.6. The van der Waals surface area contributed by atoms with Crippen molar-refractivity contribution in [2.45, 2.75) is 45.1 Å². The zero-order chi connectivity index (χ0) is 9.90. The maximum Gasteiger partial charge on any atom is 0.161 e. The zero-order valence-electron chi connectivity index (χ0n) is 8.17. The van der Waals surface area contributed by atoms with Crippen molar-refractivity contribution in [3.05, 3.63) is 11.6 Å². The molecule has 0 bridgehead atoms. The number of hydrogen-bond donors (Lipinski definition) is 1. The lowest BCUT2D eigenvalue weighted by atomic mass is 9.93. The van der Waals surface area contributed by atoms with Gasteiger partial charge in [0.25, 0.3) is 0 Å². The SMILES string of the molecule is CC(C)(OO)C1=CCCCCC1=O. The molecule has 0 saturated carbocycles. The van der Waals surface area contributed by atoms with Gasteiger partial charge >= 0.3 is 0 Å². The Morgan fingerprint density at radius 2 is 2.15 bits per heavy atom. The number of hydrogen-bond acceptors (Lipinski definition) is 3. The van der Waals surface area contributed by atoms with Crippen LogP contribution < -0.4 is 0 Å². The fraction of sp³-hybridized carbons (Fsp3) is 0.700. The Hall–Kier alpha value is -0.670. The van der Waals surface area contributed by atoms with Gasteiger partial charge in [0.05, 0.1) is 0 Å². The molecule has 0 amide bonds. The Morgan fingerprint density at radius 3 is 2.77 bits per heavy atom. The number of rotatable bonds is 2. The first-order valence-electron chi connectivity index (χ1n) is 4.64. The van der Waals surface area contributed by atoms with E-state index >= 15 is 0 Å². The lowest BCUT2D eigenvalue weighted by Crippen LogP contribution is -2.30. The van der Waals surface area contributed by atoms with Crippen LogP contribution in [-0.2, 0) is 9.68 Å². The van der Waals surface area contributed by atoms with E-state index in [4.69, 9.17) is 5.26 Å². The highest BCUT2D eigenvalue weighted by Gasteiger charge is 2.30. The van der Waals surface area contributed by atoms with Gasteiger partial charge in [-0.2, -0.15) is 0 Å². The number of ketones is 1. The Bertz CT molecular complexity index is 228. The van der Waals surface area contributed by atoms with Gasteiger partial charge in [-0.15, -0.1) is 0 Å². The van der Waals surface area contributed by atoms with Crippen LogP contribution in [0, 0.1) is 0 Å². The van der Waals surface area contributed by atoms with Crippen molar-refractivity contribution in [2.24, 2.45) is 0 Å². The van der Waals surface area contributed by atoms with Crippen LogP contribution in [-0.4, -0.2) is 16.6 Å². The standard InChI is InChI=1S/C10H16O3/c1-10(2,13-12)8-6-4-3-5-7-9(8)11/h6,12H,3-5,7H2,1-2H3. The second-order valence-corrected chi connectivity index (χ2v) is 3.89. The van der Waals surface area contributed by atoms with E-state index in [1.807, 2.05) is 6.08 Å². The van der Waals surface area contributed by atoms with Gasteiger partial charge in [0.15, 0.2) is 5.78 Å². The van der Waals surface area contributed by atoms with Crippen LogP contribution in [0.2, 0.25) is 0 Å². The van der Waals surface area contributed by atoms with Gasteiger partial charge in [0, 0.05) is 12.0 Å². The summed E-state index contributed by atoms with van der Waals surface area (Å²) in [6.45, 7) is 3.39. The summed E-state index contributed by atoms with van der Waals surface area (Å²) in [5.41, 5.74) is -0.256. The molecule has 0 aliphatic heterocycles. The fourth-order valence-electron chi connectivity index (χ4n) is 1.56. The van der Waals surface area contributed by atoms with E-state index in [0.29, 0.717) is 12.0 Å². The van der Waals surface area contributed by atoms with Crippen LogP contribution in [0.5, 0.6) is 0 Å². The Labute approximate surface area is 78.3 Å². The average molecular weight is 184 g/mol. The molecule has 3 heteroatoms. The second-order valence-electron chi connectivity index (χ2n) is 3.89. The van der Waals surface area contributed by atoms with Crippen LogP contribution >= 0.6 is 0 Å². The van der Waals surface area contributed by atoms with Crippen LogP contribution in [0.25, 0.3) is 0 Å². The summed E-state index contributed by atoms with van der Waals surface area (Å²) in [4.78, 5) is 15.9. The van der Waals surface area contributed by atoms with Crippen molar-refractivity contribution >= 4 is 5.78 Å². The van der Waals surface area contributed by atoms with Crippen molar-refractivity contribution in [2.75, 3.05) is 0 Å². The largest absolute Gasteiger partial charge is 0.294 e. The van der Waals surface area contributed by atoms with Gasteiger partial charge in [-0.25, -0.2) is 4.89 Å². The number of carbonyl (C=O) groups is 1. The summed E-state index contributed by atoms with van der Waals surface area (Å²) < 4.78 is 0. The molecular weight excluding hydrogens is 168 g/mol. The van der Waals surface area contributed by atoms with Crippen LogP contribution in [0.4, 0.5) is 0 Å². The highest BCUT2D eigenvalue weighted by atomic mass is 17.1. The highest BCUT2D eigenvalue weighted by molar-refractivity contribution is 5.97. The molecule has 1 N–H and O–H groups in total. The molecule has 1 rings (SSSR count). The summed E-state index contributed by atoms with van der Waals surface area (Å²) in [7, 11) is 0. The third-order valence-electron chi connectivity index (χ3n) is 2.38. The molecule has 0 radical (unpaired) electrons. The number of Topliss-reactive ketones (excluding diaryl/α,β-unsaturated/α-hetero) is 1. The second kappa shape index (κ2) is 4.03. The van der Waals surface area contributed by atoms with E-state index in [0.717, 1.165) is 19.3 Å². The molecule has 0 fully saturated rings. The molecule has 0 atom stereocenters. The first-order valence-corrected chi connectivity index (χ1v) is 4.64. The van der Waals surface area contributed by atoms with Gasteiger partial charge in [0.2, 0.25) is 0 Å². The van der Waals surface area contributed by atoms with E-state index < -0.39 is 5.60 Å². The number of carbonyl (C=O) groups excluding carboxylic acids is 1. The molecule has 0 aromatic rings. The van der Waals surface area contributed by atoms with Gasteiger partial charge in [-0.3, -0.25) is 10.1 Å². The third kappa shape index (κ3) is 2.39. The van der Waals surface area contributed by atoms with Gasteiger partial charge in [-0.1, -0.05) is 6.08 Å². The van der Waals surface area contributed by atoms with Crippen molar-refractivity contribution in [3.63, 3.8) is 0 Å². The Balaban J connectivity index is 2.86. The lowest BCUT2D eigenvalue weighted by molar-refractivity contribution is -0.299. The summed E-state index contributed by atoms with van der Waals surface area (Å²) in [6, 6.07) is 0. The topological polar surface area (TPSA) is 46.5 Å². The van der Waals surface area contributed by atoms with E-state index in [2.05, 4.69) is 4.89 Å². The van der Waals surface area contributed by atoms with Gasteiger partial charge in [-0.05, 0) is 33.1 Å². The molecule has 3 nitrogen and oxygen atoms in total. The Kier molecular flexibility index (Phi) is 3.22. The van der Waals surface area contributed by atoms with Crippen LogP contribution in [0.3, 0.4) is 0 Å². The molecule has 0 aromatic carbocycles. The molecule has 0 aromatic heterocycles. The highest BCUT2D eigenvalue weighted by Crippen LogP contribution is 2.25. The molecule has 1 aliphatic rings. The first-order chi connectivity index (χ1) is 6.08. The quantitative estimate of drug-likeness (QED) is 0.529. The van der Waals surface area contributed by atoms with Crippen molar-refractivity contribution in [1.82, 2.24) is 0 Å². The van der Waals surface area contributed by atoms with Gasteiger partial charge in [0.1, 0.15) is 5.60 Å². The van der Waals surface area contributed by atoms with Crippen LogP contribution in [0.15, 0.2) is 11.6 Å². The third-order valence-corrected chi connectivity index (χ3v) is 2.38.